The van der Waals surface area contributed by atoms with Gasteiger partial charge in [0.25, 0.3) is 0 Å². The van der Waals surface area contributed by atoms with Crippen LogP contribution in [0.4, 0.5) is 0 Å². The second kappa shape index (κ2) is 3.72. The smallest absolute Gasteiger partial charge is 0.131 e. The van der Waals surface area contributed by atoms with Crippen molar-refractivity contribution in [2.75, 3.05) is 6.61 Å². The van der Waals surface area contributed by atoms with E-state index in [1.165, 1.54) is 0 Å². The Kier molecular flexibility index (Phi) is 4.06. The lowest BCUT2D eigenvalue weighted by atomic mass is 10.9. The van der Waals surface area contributed by atoms with E-state index in [1.807, 2.05) is 0 Å². The van der Waals surface area contributed by atoms with E-state index in [0.717, 1.165) is 0 Å². The minimum atomic E-state index is -0.442. The summed E-state index contributed by atoms with van der Waals surface area (Å²) in [6.45, 7) is 0.295. The van der Waals surface area contributed by atoms with E-state index in [4.69, 9.17) is 23.2 Å². The highest BCUT2D eigenvalue weighted by molar-refractivity contribution is 6.44. The standard InChI is InChI=1S/C3H5Cl2O/c1-6-2-3(4)5/h3H,1-2H2. The molecule has 0 spiro atoms. The molecule has 0 atom stereocenters. The second-order valence-electron chi connectivity index (χ2n) is 0.762. The van der Waals surface area contributed by atoms with Crippen LogP contribution in [0.1, 0.15) is 0 Å². The van der Waals surface area contributed by atoms with Gasteiger partial charge in [-0.25, -0.2) is 0 Å². The van der Waals surface area contributed by atoms with Gasteiger partial charge < -0.3 is 4.74 Å². The number of alkyl halides is 2. The maximum Gasteiger partial charge on any atom is 0.131 e. The van der Waals surface area contributed by atoms with E-state index in [9.17, 15) is 0 Å². The van der Waals surface area contributed by atoms with Crippen molar-refractivity contribution in [3.63, 3.8) is 0 Å². The monoisotopic (exact) mass is 127 g/mol. The topological polar surface area (TPSA) is 9.23 Å². The Morgan fingerprint density at radius 3 is 2.17 bits per heavy atom. The molecule has 0 aromatic rings. The van der Waals surface area contributed by atoms with Crippen molar-refractivity contribution < 1.29 is 4.74 Å². The molecule has 0 amide bonds. The van der Waals surface area contributed by atoms with Crippen molar-refractivity contribution in [3.8, 4) is 0 Å². The summed E-state index contributed by atoms with van der Waals surface area (Å²) in [5, 5.41) is 0. The molecular formula is C3H5Cl2O. The van der Waals surface area contributed by atoms with Gasteiger partial charge >= 0.3 is 0 Å². The SMILES string of the molecule is [CH2]OCC(Cl)Cl. The van der Waals surface area contributed by atoms with Gasteiger partial charge in [0.15, 0.2) is 0 Å². The van der Waals surface area contributed by atoms with Crippen LogP contribution < -0.4 is 0 Å². The van der Waals surface area contributed by atoms with Crippen LogP contribution in [-0.4, -0.2) is 11.4 Å². The molecule has 0 saturated heterocycles. The van der Waals surface area contributed by atoms with Gasteiger partial charge in [0.05, 0.1) is 13.7 Å². The fourth-order valence-electron chi connectivity index (χ4n) is 0.0891. The molecule has 1 radical (unpaired) electrons. The van der Waals surface area contributed by atoms with Gasteiger partial charge in [0.2, 0.25) is 0 Å². The molecule has 0 aromatic heterocycles. The first-order valence-electron chi connectivity index (χ1n) is 1.42. The maximum atomic E-state index is 5.18. The zero-order valence-corrected chi connectivity index (χ0v) is 4.67. The average molecular weight is 128 g/mol. The Bertz CT molecular complexity index is 30.0. The van der Waals surface area contributed by atoms with Gasteiger partial charge in [0, 0.05) is 0 Å². The van der Waals surface area contributed by atoms with Gasteiger partial charge in [-0.05, 0) is 0 Å². The Hall–Kier alpha value is 0.540. The third-order valence-electron chi connectivity index (χ3n) is 0.244. The van der Waals surface area contributed by atoms with Gasteiger partial charge in [0.1, 0.15) is 4.84 Å². The van der Waals surface area contributed by atoms with Crippen molar-refractivity contribution >= 4 is 23.2 Å². The van der Waals surface area contributed by atoms with E-state index in [2.05, 4.69) is 11.8 Å². The Balaban J connectivity index is 2.63. The molecule has 0 bridgehead atoms. The predicted molar refractivity (Wildman–Crippen MR) is 26.8 cm³/mol. The molecule has 1 nitrogen and oxygen atoms in total. The molecule has 0 saturated carbocycles. The fourth-order valence-corrected chi connectivity index (χ4v) is 0.267. The molecule has 3 heteroatoms. The molecule has 0 aliphatic carbocycles. The molecule has 0 aliphatic rings. The molecular weight excluding hydrogens is 123 g/mol. The summed E-state index contributed by atoms with van der Waals surface area (Å²) < 4.78 is 4.29. The highest BCUT2D eigenvalue weighted by atomic mass is 35.5. The van der Waals surface area contributed by atoms with Crippen LogP contribution in [0.5, 0.6) is 0 Å². The van der Waals surface area contributed by atoms with Crippen LogP contribution in [0, 0.1) is 7.11 Å². The van der Waals surface area contributed by atoms with Crippen molar-refractivity contribution in [2.45, 2.75) is 4.84 Å². The van der Waals surface area contributed by atoms with Crippen LogP contribution in [-0.2, 0) is 4.74 Å². The Morgan fingerprint density at radius 1 is 1.67 bits per heavy atom. The summed E-state index contributed by atoms with van der Waals surface area (Å²) in [7, 11) is 3.06. The Morgan fingerprint density at radius 2 is 2.17 bits per heavy atom. The zero-order valence-electron chi connectivity index (χ0n) is 3.16. The third kappa shape index (κ3) is 4.54. The first kappa shape index (κ1) is 6.54. The van der Waals surface area contributed by atoms with Gasteiger partial charge in [-0.1, -0.05) is 0 Å². The summed E-state index contributed by atoms with van der Waals surface area (Å²) >= 11 is 10.4. The zero-order chi connectivity index (χ0) is 4.99. The van der Waals surface area contributed by atoms with Crippen LogP contribution in [0.2, 0.25) is 0 Å². The van der Waals surface area contributed by atoms with Crippen molar-refractivity contribution in [2.24, 2.45) is 0 Å². The van der Waals surface area contributed by atoms with E-state index in [1.54, 1.807) is 0 Å². The van der Waals surface area contributed by atoms with Gasteiger partial charge in [-0.2, -0.15) is 0 Å². The highest BCUT2D eigenvalue weighted by Crippen LogP contribution is 1.99. The minimum absolute atomic E-state index is 0.295. The molecule has 0 aromatic carbocycles. The van der Waals surface area contributed by atoms with E-state index >= 15 is 0 Å². The molecule has 0 N–H and O–H groups in total. The van der Waals surface area contributed by atoms with E-state index in [0.29, 0.717) is 6.61 Å². The molecule has 0 fully saturated rings. The maximum absolute atomic E-state index is 5.18. The van der Waals surface area contributed by atoms with Gasteiger partial charge in [-0.15, -0.1) is 23.2 Å². The lowest BCUT2D eigenvalue weighted by Crippen LogP contribution is -1.94. The van der Waals surface area contributed by atoms with Gasteiger partial charge in [-0.3, -0.25) is 0 Å². The number of rotatable bonds is 2. The van der Waals surface area contributed by atoms with Crippen molar-refractivity contribution in [1.82, 2.24) is 0 Å². The minimum Gasteiger partial charge on any atom is -0.376 e. The molecule has 0 aliphatic heterocycles. The molecule has 0 heterocycles. The van der Waals surface area contributed by atoms with Crippen molar-refractivity contribution in [3.05, 3.63) is 7.11 Å². The number of ether oxygens (including phenoxy) is 1. The normalized spacial score (nSPS) is 10.0. The molecule has 37 valence electrons. The Labute approximate surface area is 47.2 Å². The van der Waals surface area contributed by atoms with E-state index in [-0.39, 0.29) is 0 Å². The van der Waals surface area contributed by atoms with Crippen molar-refractivity contribution in [1.29, 1.82) is 0 Å². The van der Waals surface area contributed by atoms with Crippen LogP contribution in [0.3, 0.4) is 0 Å². The van der Waals surface area contributed by atoms with Crippen LogP contribution in [0.15, 0.2) is 0 Å². The highest BCUT2D eigenvalue weighted by Gasteiger charge is 1.92. The first-order chi connectivity index (χ1) is 2.77. The largest absolute Gasteiger partial charge is 0.376 e. The van der Waals surface area contributed by atoms with Crippen LogP contribution in [0.25, 0.3) is 0 Å². The number of hydrogen-bond acceptors (Lipinski definition) is 1. The number of hydrogen-bond donors (Lipinski definition) is 0. The average Bonchev–Trinajstić information content (AvgIpc) is 1.35. The lowest BCUT2D eigenvalue weighted by Gasteiger charge is -1.92. The van der Waals surface area contributed by atoms with E-state index < -0.39 is 4.84 Å². The molecule has 0 unspecified atom stereocenters. The summed E-state index contributed by atoms with van der Waals surface area (Å²) in [4.78, 5) is -0.442. The lowest BCUT2D eigenvalue weighted by molar-refractivity contribution is 0.257. The molecule has 0 rings (SSSR count). The first-order valence-corrected chi connectivity index (χ1v) is 2.29. The summed E-state index contributed by atoms with van der Waals surface area (Å²) in [5.74, 6) is 0. The summed E-state index contributed by atoms with van der Waals surface area (Å²) in [5.41, 5.74) is 0. The molecule has 6 heavy (non-hydrogen) atoms. The fraction of sp³-hybridized carbons (Fsp3) is 0.667. The predicted octanol–water partition coefficient (Wildman–Crippen LogP) is 1.60. The van der Waals surface area contributed by atoms with Crippen LogP contribution >= 0.6 is 23.2 Å². The quantitative estimate of drug-likeness (QED) is 0.513. The summed E-state index contributed by atoms with van der Waals surface area (Å²) in [6, 6.07) is 0. The summed E-state index contributed by atoms with van der Waals surface area (Å²) in [6.07, 6.45) is 0. The number of halogens is 2. The third-order valence-corrected chi connectivity index (χ3v) is 0.496. The second-order valence-corrected chi connectivity index (χ2v) is 2.04.